The highest BCUT2D eigenvalue weighted by atomic mass is 16.1. The first-order chi connectivity index (χ1) is 14.3. The van der Waals surface area contributed by atoms with E-state index in [0.29, 0.717) is 6.42 Å². The van der Waals surface area contributed by atoms with Crippen LogP contribution in [0.5, 0.6) is 0 Å². The largest absolute Gasteiger partial charge is 0.385 e. The van der Waals surface area contributed by atoms with Crippen molar-refractivity contribution in [2.75, 3.05) is 25.0 Å². The topological polar surface area (TPSA) is 32.3 Å². The van der Waals surface area contributed by atoms with Crippen LogP contribution in [0, 0.1) is 0 Å². The summed E-state index contributed by atoms with van der Waals surface area (Å²) in [6.07, 6.45) is 8.76. The SMILES string of the molecule is CCN(CCCCCCC(=O)c1ccc2c(c1)NCCCC2)Cc1ccccc1. The molecule has 0 radical (unpaired) electrons. The van der Waals surface area contributed by atoms with Gasteiger partial charge in [0.15, 0.2) is 5.78 Å². The lowest BCUT2D eigenvalue weighted by molar-refractivity contribution is 0.0979. The smallest absolute Gasteiger partial charge is 0.162 e. The van der Waals surface area contributed by atoms with Crippen molar-refractivity contribution in [2.24, 2.45) is 0 Å². The maximum atomic E-state index is 12.6. The molecule has 1 N–H and O–H groups in total. The Morgan fingerprint density at radius 2 is 1.83 bits per heavy atom. The summed E-state index contributed by atoms with van der Waals surface area (Å²) >= 11 is 0. The van der Waals surface area contributed by atoms with Gasteiger partial charge in [-0.3, -0.25) is 9.69 Å². The number of nitrogens with zero attached hydrogens (tertiary/aromatic N) is 1. The Hall–Kier alpha value is -2.13. The molecule has 0 unspecified atom stereocenters. The average molecular weight is 393 g/mol. The van der Waals surface area contributed by atoms with Crippen LogP contribution in [0.3, 0.4) is 0 Å². The highest BCUT2D eigenvalue weighted by Gasteiger charge is 2.12. The zero-order valence-corrected chi connectivity index (χ0v) is 18.0. The summed E-state index contributed by atoms with van der Waals surface area (Å²) in [4.78, 5) is 15.1. The minimum atomic E-state index is 0.290. The van der Waals surface area contributed by atoms with Crippen molar-refractivity contribution in [1.82, 2.24) is 4.90 Å². The Morgan fingerprint density at radius 1 is 1.00 bits per heavy atom. The lowest BCUT2D eigenvalue weighted by Gasteiger charge is -2.20. The van der Waals surface area contributed by atoms with Crippen molar-refractivity contribution in [3.8, 4) is 0 Å². The van der Waals surface area contributed by atoms with E-state index >= 15 is 0 Å². The Kier molecular flexibility index (Phi) is 8.76. The summed E-state index contributed by atoms with van der Waals surface area (Å²) in [6, 6.07) is 16.9. The maximum absolute atomic E-state index is 12.6. The van der Waals surface area contributed by atoms with Gasteiger partial charge in [-0.05, 0) is 62.4 Å². The molecule has 2 aromatic carbocycles. The predicted molar refractivity (Wildman–Crippen MR) is 123 cm³/mol. The zero-order valence-electron chi connectivity index (χ0n) is 18.0. The van der Waals surface area contributed by atoms with Gasteiger partial charge in [0, 0.05) is 30.8 Å². The number of Topliss-reactive ketones (excluding diaryl/α,β-unsaturated/α-hetero) is 1. The zero-order chi connectivity index (χ0) is 20.3. The van der Waals surface area contributed by atoms with Crippen LogP contribution in [0.15, 0.2) is 48.5 Å². The monoisotopic (exact) mass is 392 g/mol. The number of rotatable bonds is 11. The molecule has 0 amide bonds. The molecule has 1 aliphatic rings. The number of benzene rings is 2. The van der Waals surface area contributed by atoms with Crippen molar-refractivity contribution in [3.63, 3.8) is 0 Å². The first-order valence-corrected chi connectivity index (χ1v) is 11.4. The molecule has 0 fully saturated rings. The van der Waals surface area contributed by atoms with Crippen LogP contribution in [0.25, 0.3) is 0 Å². The van der Waals surface area contributed by atoms with Gasteiger partial charge in [0.2, 0.25) is 0 Å². The van der Waals surface area contributed by atoms with E-state index in [4.69, 9.17) is 0 Å². The Bertz CT molecular complexity index is 757. The molecule has 0 saturated carbocycles. The van der Waals surface area contributed by atoms with E-state index in [1.807, 2.05) is 6.07 Å². The minimum absolute atomic E-state index is 0.290. The second-order valence-electron chi connectivity index (χ2n) is 8.20. The summed E-state index contributed by atoms with van der Waals surface area (Å²) < 4.78 is 0. The van der Waals surface area contributed by atoms with Gasteiger partial charge >= 0.3 is 0 Å². The molecular formula is C26H36N2O. The van der Waals surface area contributed by atoms with Crippen LogP contribution in [-0.2, 0) is 13.0 Å². The third-order valence-corrected chi connectivity index (χ3v) is 5.94. The highest BCUT2D eigenvalue weighted by molar-refractivity contribution is 5.97. The molecule has 2 aromatic rings. The van der Waals surface area contributed by atoms with Gasteiger partial charge in [-0.2, -0.15) is 0 Å². The third-order valence-electron chi connectivity index (χ3n) is 5.94. The molecule has 0 aromatic heterocycles. The van der Waals surface area contributed by atoms with Crippen molar-refractivity contribution >= 4 is 11.5 Å². The Balaban J connectivity index is 1.34. The normalized spacial score (nSPS) is 13.6. The summed E-state index contributed by atoms with van der Waals surface area (Å²) in [5, 5.41) is 3.48. The molecule has 0 aliphatic carbocycles. The first-order valence-electron chi connectivity index (χ1n) is 11.4. The number of hydrogen-bond acceptors (Lipinski definition) is 3. The van der Waals surface area contributed by atoms with Crippen molar-refractivity contribution < 1.29 is 4.79 Å². The molecule has 1 aliphatic heterocycles. The molecule has 156 valence electrons. The number of fused-ring (bicyclic) bond motifs is 1. The number of anilines is 1. The number of carbonyl (C=O) groups is 1. The van der Waals surface area contributed by atoms with Gasteiger partial charge in [0.25, 0.3) is 0 Å². The van der Waals surface area contributed by atoms with Crippen molar-refractivity contribution in [1.29, 1.82) is 0 Å². The van der Waals surface area contributed by atoms with E-state index in [-0.39, 0.29) is 5.78 Å². The van der Waals surface area contributed by atoms with Crippen LogP contribution >= 0.6 is 0 Å². The van der Waals surface area contributed by atoms with Crippen LogP contribution < -0.4 is 5.32 Å². The predicted octanol–water partition coefficient (Wildman–Crippen LogP) is 6.09. The summed E-state index contributed by atoms with van der Waals surface area (Å²) in [6.45, 7) is 6.50. The molecular weight excluding hydrogens is 356 g/mol. The molecule has 29 heavy (non-hydrogen) atoms. The lowest BCUT2D eigenvalue weighted by atomic mass is 10.00. The van der Waals surface area contributed by atoms with Crippen LogP contribution in [0.1, 0.15) is 73.4 Å². The second-order valence-corrected chi connectivity index (χ2v) is 8.20. The summed E-state index contributed by atoms with van der Waals surface area (Å²) in [5.41, 5.74) is 4.79. The second kappa shape index (κ2) is 11.8. The minimum Gasteiger partial charge on any atom is -0.385 e. The van der Waals surface area contributed by atoms with Crippen molar-refractivity contribution in [3.05, 3.63) is 65.2 Å². The molecule has 0 saturated heterocycles. The molecule has 3 rings (SSSR count). The third kappa shape index (κ3) is 7.01. The van der Waals surface area contributed by atoms with Crippen LogP contribution in [0.2, 0.25) is 0 Å². The Labute approximate surface area is 176 Å². The lowest BCUT2D eigenvalue weighted by Crippen LogP contribution is -2.23. The number of carbonyl (C=O) groups excluding carboxylic acids is 1. The highest BCUT2D eigenvalue weighted by Crippen LogP contribution is 2.24. The number of nitrogens with one attached hydrogen (secondary N) is 1. The van der Waals surface area contributed by atoms with E-state index in [1.54, 1.807) is 0 Å². The fourth-order valence-electron chi connectivity index (χ4n) is 4.11. The van der Waals surface area contributed by atoms with E-state index in [0.717, 1.165) is 51.0 Å². The molecule has 0 atom stereocenters. The van der Waals surface area contributed by atoms with Crippen LogP contribution in [-0.4, -0.2) is 30.3 Å². The van der Waals surface area contributed by atoms with E-state index < -0.39 is 0 Å². The number of aryl methyl sites for hydroxylation is 1. The standard InChI is InChI=1S/C26H36N2O/c1-2-28(21-22-12-6-5-7-13-22)19-11-4-3-8-15-26(29)24-17-16-23-14-9-10-18-27-25(23)20-24/h5-7,12-13,16-17,20,27H,2-4,8-11,14-15,18-19,21H2,1H3. The molecule has 3 nitrogen and oxygen atoms in total. The number of hydrogen-bond donors (Lipinski definition) is 1. The molecule has 0 bridgehead atoms. The summed E-state index contributed by atoms with van der Waals surface area (Å²) in [7, 11) is 0. The quantitative estimate of drug-likeness (QED) is 0.371. The van der Waals surface area contributed by atoms with Gasteiger partial charge in [-0.15, -0.1) is 0 Å². The maximum Gasteiger partial charge on any atom is 0.162 e. The first kappa shape index (κ1) is 21.6. The van der Waals surface area contributed by atoms with E-state index in [1.165, 1.54) is 42.5 Å². The van der Waals surface area contributed by atoms with Crippen molar-refractivity contribution in [2.45, 2.75) is 64.8 Å². The van der Waals surface area contributed by atoms with Gasteiger partial charge < -0.3 is 5.32 Å². The van der Waals surface area contributed by atoms with E-state index in [9.17, 15) is 4.79 Å². The van der Waals surface area contributed by atoms with E-state index in [2.05, 4.69) is 59.6 Å². The van der Waals surface area contributed by atoms with Gasteiger partial charge in [-0.1, -0.05) is 62.2 Å². The molecule has 0 spiro atoms. The number of unbranched alkanes of at least 4 members (excludes halogenated alkanes) is 3. The summed E-state index contributed by atoms with van der Waals surface area (Å²) in [5.74, 6) is 0.290. The van der Waals surface area contributed by atoms with Gasteiger partial charge in [0.1, 0.15) is 0 Å². The van der Waals surface area contributed by atoms with Gasteiger partial charge in [-0.25, -0.2) is 0 Å². The van der Waals surface area contributed by atoms with Gasteiger partial charge in [0.05, 0.1) is 0 Å². The number of ketones is 1. The Morgan fingerprint density at radius 3 is 2.66 bits per heavy atom. The van der Waals surface area contributed by atoms with Crippen LogP contribution in [0.4, 0.5) is 5.69 Å². The average Bonchev–Trinajstić information content (AvgIpc) is 3.00. The fourth-order valence-corrected chi connectivity index (χ4v) is 4.11. The molecule has 1 heterocycles. The molecule has 3 heteroatoms. The fraction of sp³-hybridized carbons (Fsp3) is 0.500.